The lowest BCUT2D eigenvalue weighted by Crippen LogP contribution is -2.36. The maximum atomic E-state index is 9.72. The van der Waals surface area contributed by atoms with Crippen molar-refractivity contribution in [2.45, 2.75) is 24.6 Å². The van der Waals surface area contributed by atoms with Gasteiger partial charge in [0.25, 0.3) is 0 Å². The van der Waals surface area contributed by atoms with Crippen LogP contribution in [0.5, 0.6) is 0 Å². The van der Waals surface area contributed by atoms with Crippen LogP contribution < -0.4 is 4.90 Å². The van der Waals surface area contributed by atoms with Gasteiger partial charge in [0.1, 0.15) is 11.0 Å². The summed E-state index contributed by atoms with van der Waals surface area (Å²) in [4.78, 5) is 10.2. The van der Waals surface area contributed by atoms with Gasteiger partial charge in [-0.3, -0.25) is 0 Å². The third kappa shape index (κ3) is 4.15. The van der Waals surface area contributed by atoms with Gasteiger partial charge >= 0.3 is 0 Å². The number of likely N-dealkylation sites (N-methyl/N-ethyl adjacent to an activating group) is 1. The molecule has 0 unspecified atom stereocenters. The summed E-state index contributed by atoms with van der Waals surface area (Å²) in [6, 6.07) is 1.69. The minimum absolute atomic E-state index is 0.414. The summed E-state index contributed by atoms with van der Waals surface area (Å²) in [5.74, 6) is 0.714. The molecule has 1 heterocycles. The molecule has 0 aliphatic heterocycles. The molecule has 0 saturated heterocycles. The lowest BCUT2D eigenvalue weighted by Gasteiger charge is -2.26. The Morgan fingerprint density at radius 2 is 2.12 bits per heavy atom. The monoisotopic (exact) mass is 261 g/mol. The minimum atomic E-state index is -0.772. The topological polar surface area (TPSA) is 49.2 Å². The molecular weight excluding hydrogens is 246 g/mol. The zero-order valence-electron chi connectivity index (χ0n) is 9.86. The van der Waals surface area contributed by atoms with E-state index in [2.05, 4.69) is 9.97 Å². The van der Waals surface area contributed by atoms with Gasteiger partial charge in [-0.2, -0.15) is 0 Å². The average Bonchev–Trinajstić information content (AvgIpc) is 2.14. The lowest BCUT2D eigenvalue weighted by molar-refractivity contribution is 0.0884. The molecule has 1 rings (SSSR count). The molecule has 0 fully saturated rings. The van der Waals surface area contributed by atoms with E-state index in [1.54, 1.807) is 19.9 Å². The van der Waals surface area contributed by atoms with Gasteiger partial charge in [-0.05, 0) is 20.1 Å². The van der Waals surface area contributed by atoms with Crippen LogP contribution in [-0.4, -0.2) is 40.5 Å². The number of nitrogens with zero attached hydrogens (tertiary/aromatic N) is 3. The van der Waals surface area contributed by atoms with Crippen LogP contribution >= 0.6 is 23.4 Å². The van der Waals surface area contributed by atoms with Crippen LogP contribution in [0.4, 0.5) is 5.82 Å². The van der Waals surface area contributed by atoms with E-state index < -0.39 is 5.60 Å². The maximum absolute atomic E-state index is 9.72. The second-order valence-corrected chi connectivity index (χ2v) is 5.36. The Morgan fingerprint density at radius 1 is 1.50 bits per heavy atom. The molecule has 0 aliphatic carbocycles. The quantitative estimate of drug-likeness (QED) is 0.511. The predicted molar refractivity (Wildman–Crippen MR) is 68.4 cm³/mol. The van der Waals surface area contributed by atoms with Gasteiger partial charge in [0.15, 0.2) is 5.16 Å². The van der Waals surface area contributed by atoms with Crippen LogP contribution in [-0.2, 0) is 0 Å². The Hall–Kier alpha value is -0.520. The number of aromatic nitrogens is 2. The third-order valence-corrected chi connectivity index (χ3v) is 2.60. The zero-order valence-corrected chi connectivity index (χ0v) is 11.4. The molecule has 90 valence electrons. The number of thioether (sulfide) groups is 1. The molecule has 1 aromatic rings. The molecule has 1 N–H and O–H groups in total. The fraction of sp³-hybridized carbons (Fsp3) is 0.600. The van der Waals surface area contributed by atoms with Crippen LogP contribution in [0, 0.1) is 0 Å². The van der Waals surface area contributed by atoms with E-state index in [-0.39, 0.29) is 0 Å². The van der Waals surface area contributed by atoms with Gasteiger partial charge in [-0.1, -0.05) is 23.4 Å². The fourth-order valence-electron chi connectivity index (χ4n) is 1.33. The molecule has 0 saturated carbocycles. The highest BCUT2D eigenvalue weighted by Crippen LogP contribution is 2.20. The van der Waals surface area contributed by atoms with Crippen molar-refractivity contribution >= 4 is 29.2 Å². The van der Waals surface area contributed by atoms with Gasteiger partial charge in [0, 0.05) is 19.7 Å². The standard InChI is InChI=1S/C10H16ClN3OS/c1-10(2,15)6-14(3)8-5-7(11)12-9(13-8)16-4/h5,15H,6H2,1-4H3. The summed E-state index contributed by atoms with van der Waals surface area (Å²) >= 11 is 7.33. The van der Waals surface area contributed by atoms with E-state index in [4.69, 9.17) is 11.6 Å². The molecule has 4 nitrogen and oxygen atoms in total. The number of aliphatic hydroxyl groups is 1. The molecule has 0 atom stereocenters. The van der Waals surface area contributed by atoms with E-state index in [0.717, 1.165) is 0 Å². The van der Waals surface area contributed by atoms with Crippen molar-refractivity contribution in [3.63, 3.8) is 0 Å². The highest BCUT2D eigenvalue weighted by atomic mass is 35.5. The molecular formula is C10H16ClN3OS. The fourth-order valence-corrected chi connectivity index (χ4v) is 1.94. The number of anilines is 1. The van der Waals surface area contributed by atoms with Crippen LogP contribution in [0.3, 0.4) is 0 Å². The van der Waals surface area contributed by atoms with Gasteiger partial charge in [-0.15, -0.1) is 0 Å². The van der Waals surface area contributed by atoms with E-state index in [1.165, 1.54) is 11.8 Å². The summed E-state index contributed by atoms with van der Waals surface area (Å²) < 4.78 is 0. The van der Waals surface area contributed by atoms with Gasteiger partial charge in [-0.25, -0.2) is 9.97 Å². The Bertz CT molecular complexity index is 368. The van der Waals surface area contributed by atoms with Crippen molar-refractivity contribution in [2.75, 3.05) is 24.7 Å². The summed E-state index contributed by atoms with van der Waals surface area (Å²) in [7, 11) is 1.86. The maximum Gasteiger partial charge on any atom is 0.190 e. The summed E-state index contributed by atoms with van der Waals surface area (Å²) in [6.45, 7) is 3.98. The molecule has 1 aromatic heterocycles. The van der Waals surface area contributed by atoms with Gasteiger partial charge in [0.2, 0.25) is 0 Å². The van der Waals surface area contributed by atoms with Crippen molar-refractivity contribution in [3.05, 3.63) is 11.2 Å². The molecule has 0 aromatic carbocycles. The lowest BCUT2D eigenvalue weighted by atomic mass is 10.1. The normalized spacial score (nSPS) is 11.6. The van der Waals surface area contributed by atoms with Gasteiger partial charge in [0.05, 0.1) is 5.60 Å². The zero-order chi connectivity index (χ0) is 12.3. The van der Waals surface area contributed by atoms with Crippen molar-refractivity contribution in [2.24, 2.45) is 0 Å². The largest absolute Gasteiger partial charge is 0.389 e. The molecule has 0 spiro atoms. The third-order valence-electron chi connectivity index (χ3n) is 1.86. The molecule has 0 amide bonds. The first kappa shape index (κ1) is 13.5. The second-order valence-electron chi connectivity index (χ2n) is 4.20. The minimum Gasteiger partial charge on any atom is -0.389 e. The van der Waals surface area contributed by atoms with Crippen LogP contribution in [0.2, 0.25) is 5.15 Å². The Kier molecular flexibility index (Phi) is 4.41. The van der Waals surface area contributed by atoms with E-state index >= 15 is 0 Å². The van der Waals surface area contributed by atoms with E-state index in [0.29, 0.717) is 22.7 Å². The van der Waals surface area contributed by atoms with E-state index in [1.807, 2.05) is 18.2 Å². The van der Waals surface area contributed by atoms with Crippen LogP contribution in [0.15, 0.2) is 11.2 Å². The Labute approximate surface area is 105 Å². The first-order valence-corrected chi connectivity index (χ1v) is 6.44. The highest BCUT2D eigenvalue weighted by molar-refractivity contribution is 7.98. The van der Waals surface area contributed by atoms with E-state index in [9.17, 15) is 5.11 Å². The molecule has 0 aliphatic rings. The summed E-state index contributed by atoms with van der Waals surface area (Å²) in [5.41, 5.74) is -0.772. The number of rotatable bonds is 4. The highest BCUT2D eigenvalue weighted by Gasteiger charge is 2.17. The van der Waals surface area contributed by atoms with Crippen molar-refractivity contribution in [1.29, 1.82) is 0 Å². The van der Waals surface area contributed by atoms with Crippen LogP contribution in [0.25, 0.3) is 0 Å². The molecule has 0 radical (unpaired) electrons. The van der Waals surface area contributed by atoms with Crippen molar-refractivity contribution < 1.29 is 5.11 Å². The first-order chi connectivity index (χ1) is 7.31. The smallest absolute Gasteiger partial charge is 0.190 e. The van der Waals surface area contributed by atoms with Gasteiger partial charge < -0.3 is 10.0 Å². The average molecular weight is 262 g/mol. The number of hydrogen-bond acceptors (Lipinski definition) is 5. The number of halogens is 1. The summed E-state index contributed by atoms with van der Waals surface area (Å²) in [6.07, 6.45) is 1.89. The molecule has 6 heteroatoms. The number of hydrogen-bond donors (Lipinski definition) is 1. The van der Waals surface area contributed by atoms with Crippen LogP contribution in [0.1, 0.15) is 13.8 Å². The Morgan fingerprint density at radius 3 is 2.62 bits per heavy atom. The van der Waals surface area contributed by atoms with Crippen molar-refractivity contribution in [3.8, 4) is 0 Å². The summed E-state index contributed by atoms with van der Waals surface area (Å²) in [5, 5.41) is 10.8. The molecule has 0 bridgehead atoms. The van der Waals surface area contributed by atoms with Crippen molar-refractivity contribution in [1.82, 2.24) is 9.97 Å². The first-order valence-electron chi connectivity index (χ1n) is 4.84. The molecule has 16 heavy (non-hydrogen) atoms. The second kappa shape index (κ2) is 5.21. The Balaban J connectivity index is 2.90. The predicted octanol–water partition coefficient (Wildman–Crippen LogP) is 2.06. The SMILES string of the molecule is CSc1nc(Cl)cc(N(C)CC(C)(C)O)n1.